The maximum absolute atomic E-state index is 14.3. The summed E-state index contributed by atoms with van der Waals surface area (Å²) in [6.45, 7) is -1.46. The van der Waals surface area contributed by atoms with Gasteiger partial charge in [0.25, 0.3) is 5.91 Å². The summed E-state index contributed by atoms with van der Waals surface area (Å²) in [6.07, 6.45) is -0.296. The Bertz CT molecular complexity index is 1360. The third-order valence-electron chi connectivity index (χ3n) is 6.59. The van der Waals surface area contributed by atoms with E-state index in [-0.39, 0.29) is 21.2 Å². The molecule has 3 aromatic rings. The SMILES string of the molecule is O=C(CN(Cc1cc(F)cc(F)c1)C(=O)c1ccn(C2CCCCC2)c1C(F)(F)F)c1c(Cl)cc(F)cc1Cl. The highest BCUT2D eigenvalue weighted by Crippen LogP contribution is 2.39. The van der Waals surface area contributed by atoms with Gasteiger partial charge in [-0.3, -0.25) is 9.59 Å². The smallest absolute Gasteiger partial charge is 0.340 e. The average molecular weight is 591 g/mol. The predicted octanol–water partition coefficient (Wildman–Crippen LogP) is 8.26. The maximum Gasteiger partial charge on any atom is 0.432 e. The molecule has 0 bridgehead atoms. The van der Waals surface area contributed by atoms with Gasteiger partial charge in [-0.15, -0.1) is 0 Å². The second kappa shape index (κ2) is 11.6. The molecule has 1 amide bonds. The van der Waals surface area contributed by atoms with E-state index >= 15 is 0 Å². The highest BCUT2D eigenvalue weighted by Gasteiger charge is 2.41. The van der Waals surface area contributed by atoms with E-state index in [0.29, 0.717) is 18.9 Å². The largest absolute Gasteiger partial charge is 0.432 e. The molecular weight excluding hydrogens is 569 g/mol. The number of hydrogen-bond donors (Lipinski definition) is 0. The fourth-order valence-corrected chi connectivity index (χ4v) is 5.61. The molecule has 4 nitrogen and oxygen atoms in total. The van der Waals surface area contributed by atoms with Crippen molar-refractivity contribution >= 4 is 34.9 Å². The molecule has 1 aliphatic rings. The van der Waals surface area contributed by atoms with E-state index in [9.17, 15) is 35.9 Å². The molecule has 4 rings (SSSR count). The highest BCUT2D eigenvalue weighted by molar-refractivity contribution is 6.40. The minimum atomic E-state index is -4.91. The molecule has 1 heterocycles. The van der Waals surface area contributed by atoms with Crippen LogP contribution in [0.25, 0.3) is 0 Å². The van der Waals surface area contributed by atoms with Crippen LogP contribution in [-0.4, -0.2) is 27.7 Å². The Morgan fingerprint density at radius 3 is 2.03 bits per heavy atom. The van der Waals surface area contributed by atoms with Gasteiger partial charge >= 0.3 is 6.18 Å². The van der Waals surface area contributed by atoms with Crippen molar-refractivity contribution in [1.29, 1.82) is 0 Å². The fraction of sp³-hybridized carbons (Fsp3) is 0.333. The summed E-state index contributed by atoms with van der Waals surface area (Å²) in [5, 5.41) is -0.734. The van der Waals surface area contributed by atoms with Crippen LogP contribution in [0.4, 0.5) is 26.3 Å². The Morgan fingerprint density at radius 1 is 0.897 bits per heavy atom. The minimum absolute atomic E-state index is 0.106. The number of nitrogens with zero attached hydrogens (tertiary/aromatic N) is 2. The lowest BCUT2D eigenvalue weighted by Gasteiger charge is -2.27. The predicted molar refractivity (Wildman–Crippen MR) is 133 cm³/mol. The zero-order valence-corrected chi connectivity index (χ0v) is 21.8. The van der Waals surface area contributed by atoms with E-state index in [1.165, 1.54) is 6.20 Å². The average Bonchev–Trinajstić information content (AvgIpc) is 3.28. The van der Waals surface area contributed by atoms with Gasteiger partial charge in [-0.05, 0) is 48.7 Å². The molecule has 1 fully saturated rings. The Kier molecular flexibility index (Phi) is 8.66. The van der Waals surface area contributed by atoms with E-state index < -0.39 is 65.7 Å². The molecule has 0 unspecified atom stereocenters. The zero-order valence-electron chi connectivity index (χ0n) is 20.3. The van der Waals surface area contributed by atoms with Gasteiger partial charge in [-0.25, -0.2) is 13.2 Å². The Labute approximate surface area is 230 Å². The van der Waals surface area contributed by atoms with Crippen LogP contribution >= 0.6 is 23.2 Å². The van der Waals surface area contributed by atoms with Crippen molar-refractivity contribution < 1.29 is 35.9 Å². The first-order valence-electron chi connectivity index (χ1n) is 12.0. The molecule has 0 aliphatic heterocycles. The second-order valence-corrected chi connectivity index (χ2v) is 10.2. The number of carbonyl (C=O) groups is 2. The number of hydrogen-bond acceptors (Lipinski definition) is 2. The van der Waals surface area contributed by atoms with Crippen molar-refractivity contribution in [3.05, 3.63) is 92.5 Å². The molecule has 1 aliphatic carbocycles. The van der Waals surface area contributed by atoms with Gasteiger partial charge in [0, 0.05) is 24.8 Å². The molecular formula is C27H22Cl2F6N2O2. The van der Waals surface area contributed by atoms with E-state index in [2.05, 4.69) is 0 Å². The van der Waals surface area contributed by atoms with Gasteiger partial charge in [0.1, 0.15) is 23.1 Å². The first-order valence-corrected chi connectivity index (χ1v) is 12.8. The number of halogens is 8. The molecule has 0 N–H and O–H groups in total. The van der Waals surface area contributed by atoms with Crippen LogP contribution in [0.1, 0.15) is 70.1 Å². The van der Waals surface area contributed by atoms with Crippen LogP contribution in [0.5, 0.6) is 0 Å². The molecule has 39 heavy (non-hydrogen) atoms. The summed E-state index contributed by atoms with van der Waals surface area (Å²) in [4.78, 5) is 27.5. The number of benzene rings is 2. The molecule has 208 valence electrons. The van der Waals surface area contributed by atoms with E-state index in [4.69, 9.17) is 23.2 Å². The molecule has 0 saturated heterocycles. The topological polar surface area (TPSA) is 42.3 Å². The van der Waals surface area contributed by atoms with Crippen LogP contribution < -0.4 is 0 Å². The summed E-state index contributed by atoms with van der Waals surface area (Å²) in [5.74, 6) is -4.89. The molecule has 0 spiro atoms. The quantitative estimate of drug-likeness (QED) is 0.205. The second-order valence-electron chi connectivity index (χ2n) is 9.38. The van der Waals surface area contributed by atoms with Crippen LogP contribution in [0.15, 0.2) is 42.6 Å². The monoisotopic (exact) mass is 590 g/mol. The summed E-state index contributed by atoms with van der Waals surface area (Å²) in [6, 6.07) is 4.59. The van der Waals surface area contributed by atoms with Gasteiger partial charge in [0.2, 0.25) is 0 Å². The number of ketones is 1. The van der Waals surface area contributed by atoms with Crippen molar-refractivity contribution in [3.8, 4) is 0 Å². The fourth-order valence-electron chi connectivity index (χ4n) is 4.94. The standard InChI is InChI=1S/C27H22Cl2F6N2O2/c28-21-11-18(32)12-22(29)24(21)23(38)14-36(13-15-8-16(30)10-17(31)9-15)26(39)20-6-7-37(25(20)27(33,34)35)19-4-2-1-3-5-19/h6-12,19H,1-5,13-14H2. The van der Waals surface area contributed by atoms with E-state index in [0.717, 1.165) is 59.1 Å². The van der Waals surface area contributed by atoms with Gasteiger partial charge in [0.15, 0.2) is 5.78 Å². The number of amides is 1. The number of alkyl halides is 3. The highest BCUT2D eigenvalue weighted by atomic mass is 35.5. The third-order valence-corrected chi connectivity index (χ3v) is 7.18. The normalized spacial score (nSPS) is 14.5. The van der Waals surface area contributed by atoms with Crippen molar-refractivity contribution in [2.45, 2.75) is 50.9 Å². The first-order chi connectivity index (χ1) is 18.3. The third kappa shape index (κ3) is 6.61. The van der Waals surface area contributed by atoms with Crippen LogP contribution in [-0.2, 0) is 12.7 Å². The summed E-state index contributed by atoms with van der Waals surface area (Å²) in [5.41, 5.74) is -2.34. The van der Waals surface area contributed by atoms with Gasteiger partial charge < -0.3 is 9.47 Å². The number of rotatable bonds is 7. The molecule has 0 atom stereocenters. The molecule has 2 aromatic carbocycles. The van der Waals surface area contributed by atoms with Crippen LogP contribution in [0, 0.1) is 17.5 Å². The van der Waals surface area contributed by atoms with Gasteiger partial charge in [-0.2, -0.15) is 13.2 Å². The van der Waals surface area contributed by atoms with Crippen molar-refractivity contribution in [1.82, 2.24) is 9.47 Å². The van der Waals surface area contributed by atoms with Crippen LogP contribution in [0.2, 0.25) is 10.0 Å². The summed E-state index contributed by atoms with van der Waals surface area (Å²) < 4.78 is 85.3. The number of Topliss-reactive ketones (excluding diaryl/α,β-unsaturated/α-hetero) is 1. The summed E-state index contributed by atoms with van der Waals surface area (Å²) in [7, 11) is 0. The first kappa shape index (κ1) is 29.0. The van der Waals surface area contributed by atoms with Crippen molar-refractivity contribution in [3.63, 3.8) is 0 Å². The molecule has 1 saturated carbocycles. The molecule has 12 heteroatoms. The lowest BCUT2D eigenvalue weighted by molar-refractivity contribution is -0.144. The van der Waals surface area contributed by atoms with Gasteiger partial charge in [-0.1, -0.05) is 42.5 Å². The minimum Gasteiger partial charge on any atom is -0.340 e. The van der Waals surface area contributed by atoms with Gasteiger partial charge in [0.05, 0.1) is 27.7 Å². The zero-order chi connectivity index (χ0) is 28.5. The Hall–Kier alpha value is -2.98. The van der Waals surface area contributed by atoms with E-state index in [1.807, 2.05) is 0 Å². The van der Waals surface area contributed by atoms with Crippen LogP contribution in [0.3, 0.4) is 0 Å². The maximum atomic E-state index is 14.3. The number of carbonyl (C=O) groups excluding carboxylic acids is 2. The lowest BCUT2D eigenvalue weighted by Crippen LogP contribution is -2.37. The molecule has 0 radical (unpaired) electrons. The molecule has 1 aromatic heterocycles. The number of aromatic nitrogens is 1. The van der Waals surface area contributed by atoms with Crippen molar-refractivity contribution in [2.24, 2.45) is 0 Å². The lowest BCUT2D eigenvalue weighted by atomic mass is 9.95. The van der Waals surface area contributed by atoms with Crippen molar-refractivity contribution in [2.75, 3.05) is 6.54 Å². The summed E-state index contributed by atoms with van der Waals surface area (Å²) >= 11 is 12.0. The Morgan fingerprint density at radius 2 is 1.46 bits per heavy atom. The Balaban J connectivity index is 1.76. The van der Waals surface area contributed by atoms with E-state index in [1.54, 1.807) is 0 Å².